The van der Waals surface area contributed by atoms with E-state index in [-0.39, 0.29) is 5.60 Å². The first-order valence-electron chi connectivity index (χ1n) is 11.0. The molecule has 0 aromatic carbocycles. The molecule has 5 heterocycles. The lowest BCUT2D eigenvalue weighted by Crippen LogP contribution is -2.33. The summed E-state index contributed by atoms with van der Waals surface area (Å²) in [5.41, 5.74) is 4.76. The minimum atomic E-state index is -0.172. The standard InChI is InChI=1S/C23H30N4OS2/c1-13(2)17-15-12-28-23(3,4)11-14(15)16-18-19(30-21(16)24-17)20(26-22(25-18)29-5)27-9-7-6-8-10-27/h13H,6-12H2,1-5H3. The van der Waals surface area contributed by atoms with Gasteiger partial charge in [-0.1, -0.05) is 25.6 Å². The van der Waals surface area contributed by atoms with E-state index in [1.165, 1.54) is 46.2 Å². The summed E-state index contributed by atoms with van der Waals surface area (Å²) in [6.45, 7) is 11.6. The van der Waals surface area contributed by atoms with Gasteiger partial charge >= 0.3 is 0 Å². The molecule has 0 atom stereocenters. The van der Waals surface area contributed by atoms with Gasteiger partial charge < -0.3 is 9.64 Å². The minimum absolute atomic E-state index is 0.172. The molecule has 0 radical (unpaired) electrons. The van der Waals surface area contributed by atoms with Crippen molar-refractivity contribution < 1.29 is 4.74 Å². The van der Waals surface area contributed by atoms with Gasteiger partial charge in [0.05, 0.1) is 28.1 Å². The number of ether oxygens (including phenoxy) is 1. The summed E-state index contributed by atoms with van der Waals surface area (Å²) in [6, 6.07) is 0. The Morgan fingerprint density at radius 2 is 1.83 bits per heavy atom. The van der Waals surface area contributed by atoms with E-state index in [4.69, 9.17) is 19.7 Å². The highest BCUT2D eigenvalue weighted by Gasteiger charge is 2.33. The van der Waals surface area contributed by atoms with Crippen molar-refractivity contribution in [3.8, 4) is 0 Å². The van der Waals surface area contributed by atoms with Gasteiger partial charge in [-0.3, -0.25) is 0 Å². The molecular formula is C23H30N4OS2. The van der Waals surface area contributed by atoms with E-state index in [9.17, 15) is 0 Å². The molecule has 0 aliphatic carbocycles. The third-order valence-electron chi connectivity index (χ3n) is 6.27. The second-order valence-electron chi connectivity index (χ2n) is 9.38. The first-order valence-corrected chi connectivity index (χ1v) is 13.0. The van der Waals surface area contributed by atoms with Crippen LogP contribution in [0.1, 0.15) is 69.7 Å². The maximum absolute atomic E-state index is 6.20. The Balaban J connectivity index is 1.83. The number of hydrogen-bond acceptors (Lipinski definition) is 7. The molecule has 160 valence electrons. The van der Waals surface area contributed by atoms with Crippen molar-refractivity contribution >= 4 is 49.3 Å². The van der Waals surface area contributed by atoms with E-state index >= 15 is 0 Å². The Hall–Kier alpha value is -1.44. The van der Waals surface area contributed by atoms with Gasteiger partial charge in [0, 0.05) is 30.5 Å². The van der Waals surface area contributed by atoms with Crippen LogP contribution in [0.5, 0.6) is 0 Å². The van der Waals surface area contributed by atoms with Gasteiger partial charge in [0.2, 0.25) is 0 Å². The Labute approximate surface area is 186 Å². The Morgan fingerprint density at radius 3 is 2.53 bits per heavy atom. The van der Waals surface area contributed by atoms with E-state index in [1.807, 2.05) is 0 Å². The molecule has 3 aromatic rings. The predicted molar refractivity (Wildman–Crippen MR) is 127 cm³/mol. The van der Waals surface area contributed by atoms with Crippen LogP contribution in [0.2, 0.25) is 0 Å². The fraction of sp³-hybridized carbons (Fsp3) is 0.609. The number of rotatable bonds is 3. The quantitative estimate of drug-likeness (QED) is 0.370. The molecule has 0 spiro atoms. The second kappa shape index (κ2) is 7.61. The van der Waals surface area contributed by atoms with Gasteiger partial charge in [0.25, 0.3) is 0 Å². The smallest absolute Gasteiger partial charge is 0.189 e. The highest BCUT2D eigenvalue weighted by Crippen LogP contribution is 2.44. The largest absolute Gasteiger partial charge is 0.370 e. The zero-order chi connectivity index (χ0) is 21.0. The molecule has 3 aromatic heterocycles. The summed E-state index contributed by atoms with van der Waals surface area (Å²) in [4.78, 5) is 18.7. The maximum Gasteiger partial charge on any atom is 0.189 e. The lowest BCUT2D eigenvalue weighted by Gasteiger charge is -2.33. The van der Waals surface area contributed by atoms with Crippen LogP contribution >= 0.6 is 23.1 Å². The van der Waals surface area contributed by atoms with Gasteiger partial charge in [-0.15, -0.1) is 11.3 Å². The van der Waals surface area contributed by atoms with Crippen molar-refractivity contribution in [3.63, 3.8) is 0 Å². The highest BCUT2D eigenvalue weighted by atomic mass is 32.2. The summed E-state index contributed by atoms with van der Waals surface area (Å²) < 4.78 is 7.40. The van der Waals surface area contributed by atoms with Gasteiger partial charge in [0.1, 0.15) is 4.83 Å². The molecule has 0 saturated carbocycles. The Bertz CT molecular complexity index is 1120. The van der Waals surface area contributed by atoms with Crippen molar-refractivity contribution in [3.05, 3.63) is 16.8 Å². The first-order chi connectivity index (χ1) is 14.4. The third kappa shape index (κ3) is 3.39. The van der Waals surface area contributed by atoms with Gasteiger partial charge in [0.15, 0.2) is 11.0 Å². The molecule has 0 bridgehead atoms. The average molecular weight is 443 g/mol. The molecule has 5 rings (SSSR count). The predicted octanol–water partition coefficient (Wildman–Crippen LogP) is 5.93. The molecule has 2 aliphatic rings. The van der Waals surface area contributed by atoms with Crippen LogP contribution in [-0.4, -0.2) is 39.9 Å². The van der Waals surface area contributed by atoms with Crippen LogP contribution in [0.3, 0.4) is 0 Å². The summed E-state index contributed by atoms with van der Waals surface area (Å²) >= 11 is 3.41. The molecule has 0 unspecified atom stereocenters. The summed E-state index contributed by atoms with van der Waals surface area (Å²) in [6.07, 6.45) is 6.75. The number of thioether (sulfide) groups is 1. The lowest BCUT2D eigenvalue weighted by atomic mass is 9.87. The number of aromatic nitrogens is 3. The number of piperidine rings is 1. The van der Waals surface area contributed by atoms with Crippen molar-refractivity contribution in [2.45, 2.75) is 76.7 Å². The van der Waals surface area contributed by atoms with Crippen LogP contribution in [0.4, 0.5) is 5.82 Å². The fourth-order valence-electron chi connectivity index (χ4n) is 4.75. The minimum Gasteiger partial charge on any atom is -0.370 e. The molecule has 0 N–H and O–H groups in total. The average Bonchev–Trinajstić information content (AvgIpc) is 3.10. The molecule has 1 fully saturated rings. The van der Waals surface area contributed by atoms with E-state index in [0.717, 1.165) is 40.8 Å². The second-order valence-corrected chi connectivity index (χ2v) is 11.1. The van der Waals surface area contributed by atoms with Gasteiger partial charge in [-0.25, -0.2) is 15.0 Å². The van der Waals surface area contributed by atoms with E-state index in [2.05, 4.69) is 38.9 Å². The third-order valence-corrected chi connectivity index (χ3v) is 7.89. The normalized spacial score (nSPS) is 19.1. The van der Waals surface area contributed by atoms with E-state index < -0.39 is 0 Å². The first kappa shape index (κ1) is 20.5. The molecule has 0 amide bonds. The molecule has 7 heteroatoms. The molecule has 5 nitrogen and oxygen atoms in total. The zero-order valence-corrected chi connectivity index (χ0v) is 20.2. The number of nitrogens with zero attached hydrogens (tertiary/aromatic N) is 4. The van der Waals surface area contributed by atoms with E-state index in [1.54, 1.807) is 23.1 Å². The van der Waals surface area contributed by atoms with Crippen LogP contribution in [-0.2, 0) is 17.8 Å². The van der Waals surface area contributed by atoms with Gasteiger partial charge in [-0.05, 0) is 50.8 Å². The van der Waals surface area contributed by atoms with Gasteiger partial charge in [-0.2, -0.15) is 0 Å². The van der Waals surface area contributed by atoms with Crippen molar-refractivity contribution in [1.82, 2.24) is 15.0 Å². The number of thiophene rings is 1. The van der Waals surface area contributed by atoms with E-state index in [0.29, 0.717) is 12.5 Å². The lowest BCUT2D eigenvalue weighted by molar-refractivity contribution is -0.0402. The summed E-state index contributed by atoms with van der Waals surface area (Å²) in [5.74, 6) is 1.48. The number of fused-ring (bicyclic) bond motifs is 5. The Morgan fingerprint density at radius 1 is 1.07 bits per heavy atom. The fourth-order valence-corrected chi connectivity index (χ4v) is 6.28. The maximum atomic E-state index is 6.20. The van der Waals surface area contributed by atoms with Crippen LogP contribution in [0, 0.1) is 0 Å². The highest BCUT2D eigenvalue weighted by molar-refractivity contribution is 7.98. The monoisotopic (exact) mass is 442 g/mol. The van der Waals surface area contributed by atoms with Crippen LogP contribution in [0.25, 0.3) is 20.4 Å². The molecule has 1 saturated heterocycles. The Kier molecular flexibility index (Phi) is 5.19. The molecule has 2 aliphatic heterocycles. The van der Waals surface area contributed by atoms with Crippen molar-refractivity contribution in [1.29, 1.82) is 0 Å². The number of pyridine rings is 1. The summed E-state index contributed by atoms with van der Waals surface area (Å²) in [7, 11) is 0. The summed E-state index contributed by atoms with van der Waals surface area (Å²) in [5, 5.41) is 2.09. The van der Waals surface area contributed by atoms with Crippen LogP contribution in [0.15, 0.2) is 5.16 Å². The van der Waals surface area contributed by atoms with Crippen LogP contribution < -0.4 is 4.90 Å². The van der Waals surface area contributed by atoms with Crippen molar-refractivity contribution in [2.24, 2.45) is 0 Å². The number of anilines is 1. The molecule has 30 heavy (non-hydrogen) atoms. The molecular weight excluding hydrogens is 412 g/mol. The zero-order valence-electron chi connectivity index (χ0n) is 18.5. The van der Waals surface area contributed by atoms with Crippen molar-refractivity contribution in [2.75, 3.05) is 24.2 Å². The topological polar surface area (TPSA) is 51.1 Å². The number of hydrogen-bond donors (Lipinski definition) is 0. The SMILES string of the molecule is CSc1nc(N2CCCCC2)c2sc3nc(C(C)C)c4c(c3c2n1)CC(C)(C)OC4.